The minimum absolute atomic E-state index is 0.0606. The van der Waals surface area contributed by atoms with E-state index >= 15 is 0 Å². The van der Waals surface area contributed by atoms with Gasteiger partial charge in [-0.2, -0.15) is 13.2 Å². The first-order valence-corrected chi connectivity index (χ1v) is 6.07. The van der Waals surface area contributed by atoms with Crippen LogP contribution in [-0.2, 0) is 4.74 Å². The number of halogens is 4. The Kier molecular flexibility index (Phi) is 6.15. The van der Waals surface area contributed by atoms with Crippen LogP contribution in [0.15, 0.2) is 18.2 Å². The molecule has 8 heteroatoms. The van der Waals surface area contributed by atoms with Crippen molar-refractivity contribution in [2.24, 2.45) is 5.73 Å². The maximum absolute atomic E-state index is 13.5. The molecule has 0 aliphatic heterocycles. The molecular weight excluding hydrogens is 298 g/mol. The summed E-state index contributed by atoms with van der Waals surface area (Å²) in [6, 6.07) is 3.98. The van der Waals surface area contributed by atoms with E-state index in [1.165, 1.54) is 12.1 Å². The predicted octanol–water partition coefficient (Wildman–Crippen LogP) is 2.81. The summed E-state index contributed by atoms with van der Waals surface area (Å²) in [5.74, 6) is -0.360. The minimum Gasteiger partial charge on any atom is -0.493 e. The van der Waals surface area contributed by atoms with Gasteiger partial charge in [0, 0.05) is 18.1 Å². The lowest BCUT2D eigenvalue weighted by Gasteiger charge is -2.09. The highest BCUT2D eigenvalue weighted by atomic mass is 32.1. The molecule has 0 heterocycles. The lowest BCUT2D eigenvalue weighted by Crippen LogP contribution is -2.18. The van der Waals surface area contributed by atoms with E-state index in [4.69, 9.17) is 10.5 Å². The highest BCUT2D eigenvalue weighted by Crippen LogP contribution is 2.17. The average molecular weight is 311 g/mol. The largest absolute Gasteiger partial charge is 0.493 e. The molecule has 0 saturated carbocycles. The van der Waals surface area contributed by atoms with Gasteiger partial charge in [-0.3, -0.25) is 0 Å². The Bertz CT molecular complexity index is 465. The van der Waals surface area contributed by atoms with Gasteiger partial charge in [-0.15, -0.1) is 0 Å². The molecule has 0 unspecified atom stereocenters. The van der Waals surface area contributed by atoms with Gasteiger partial charge >= 0.3 is 6.18 Å². The number of nitrogens with two attached hydrogens (primary N) is 1. The molecule has 0 aromatic heterocycles. The fourth-order valence-electron chi connectivity index (χ4n) is 1.32. The first-order chi connectivity index (χ1) is 9.29. The number of hydrogen-bond donors (Lipinski definition) is 1. The average Bonchev–Trinajstić information content (AvgIpc) is 2.32. The summed E-state index contributed by atoms with van der Waals surface area (Å²) in [5, 5.41) is 0. The summed E-state index contributed by atoms with van der Waals surface area (Å²) in [6.07, 6.45) is -4.07. The zero-order chi connectivity index (χ0) is 15.2. The minimum atomic E-state index is -4.33. The van der Waals surface area contributed by atoms with Crippen LogP contribution in [0.1, 0.15) is 12.0 Å². The van der Waals surface area contributed by atoms with Crippen LogP contribution in [0.5, 0.6) is 5.75 Å². The highest BCUT2D eigenvalue weighted by molar-refractivity contribution is 7.80. The maximum atomic E-state index is 13.5. The van der Waals surface area contributed by atoms with E-state index in [1.807, 2.05) is 0 Å². The summed E-state index contributed by atoms with van der Waals surface area (Å²) in [7, 11) is 0. The van der Waals surface area contributed by atoms with Crippen molar-refractivity contribution in [3.05, 3.63) is 29.6 Å². The zero-order valence-corrected chi connectivity index (χ0v) is 11.2. The molecule has 0 aliphatic carbocycles. The smallest absolute Gasteiger partial charge is 0.411 e. The fraction of sp³-hybridized carbons (Fsp3) is 0.417. The van der Waals surface area contributed by atoms with Crippen LogP contribution in [0.4, 0.5) is 17.6 Å². The number of rotatable bonds is 7. The molecule has 112 valence electrons. The monoisotopic (exact) mass is 311 g/mol. The standard InChI is InChI=1S/C12H13F4NO2S/c13-10-6-8(2-3-9(10)11(17)20)19-5-1-4-18-7-12(14,15)16/h2-3,6H,1,4-5,7H2,(H2,17,20). The van der Waals surface area contributed by atoms with Crippen LogP contribution >= 0.6 is 12.2 Å². The molecule has 0 atom stereocenters. The Morgan fingerprint density at radius 1 is 1.25 bits per heavy atom. The lowest BCUT2D eigenvalue weighted by molar-refractivity contribution is -0.174. The molecule has 1 aromatic rings. The molecule has 0 spiro atoms. The van der Waals surface area contributed by atoms with E-state index in [-0.39, 0.29) is 35.9 Å². The van der Waals surface area contributed by atoms with Crippen molar-refractivity contribution < 1.29 is 27.0 Å². The van der Waals surface area contributed by atoms with Gasteiger partial charge in [-0.05, 0) is 12.1 Å². The summed E-state index contributed by atoms with van der Waals surface area (Å²) < 4.78 is 58.3. The van der Waals surface area contributed by atoms with Crippen molar-refractivity contribution >= 4 is 17.2 Å². The van der Waals surface area contributed by atoms with Crippen LogP contribution in [0, 0.1) is 5.82 Å². The molecule has 0 amide bonds. The van der Waals surface area contributed by atoms with Crippen molar-refractivity contribution in [3.63, 3.8) is 0 Å². The third kappa shape index (κ3) is 6.16. The van der Waals surface area contributed by atoms with Gasteiger partial charge in [0.05, 0.1) is 13.2 Å². The molecule has 0 radical (unpaired) electrons. The Morgan fingerprint density at radius 2 is 1.95 bits per heavy atom. The molecule has 1 rings (SSSR count). The van der Waals surface area contributed by atoms with Gasteiger partial charge in [0.15, 0.2) is 0 Å². The summed E-state index contributed by atoms with van der Waals surface area (Å²) in [4.78, 5) is -0.0606. The van der Waals surface area contributed by atoms with Crippen LogP contribution in [0.2, 0.25) is 0 Å². The van der Waals surface area contributed by atoms with Crippen molar-refractivity contribution in [3.8, 4) is 5.75 Å². The Balaban J connectivity index is 2.29. The number of hydrogen-bond acceptors (Lipinski definition) is 3. The van der Waals surface area contributed by atoms with Crippen LogP contribution in [0.3, 0.4) is 0 Å². The summed E-state index contributed by atoms with van der Waals surface area (Å²) in [6.45, 7) is -1.26. The van der Waals surface area contributed by atoms with E-state index in [0.29, 0.717) is 0 Å². The molecule has 0 bridgehead atoms. The molecule has 0 saturated heterocycles. The third-order valence-electron chi connectivity index (χ3n) is 2.17. The first kappa shape index (κ1) is 16.6. The number of benzene rings is 1. The quantitative estimate of drug-likeness (QED) is 0.478. The summed E-state index contributed by atoms with van der Waals surface area (Å²) >= 11 is 4.65. The van der Waals surface area contributed by atoms with Gasteiger partial charge in [-0.1, -0.05) is 12.2 Å². The van der Waals surface area contributed by atoms with Gasteiger partial charge in [0.2, 0.25) is 0 Å². The maximum Gasteiger partial charge on any atom is 0.411 e. The van der Waals surface area contributed by atoms with Crippen LogP contribution in [0.25, 0.3) is 0 Å². The first-order valence-electron chi connectivity index (χ1n) is 5.66. The van der Waals surface area contributed by atoms with Crippen molar-refractivity contribution in [1.82, 2.24) is 0 Å². The second-order valence-corrected chi connectivity index (χ2v) is 4.32. The highest BCUT2D eigenvalue weighted by Gasteiger charge is 2.27. The molecule has 1 aromatic carbocycles. The van der Waals surface area contributed by atoms with Gasteiger partial charge < -0.3 is 15.2 Å². The number of thiocarbonyl (C=S) groups is 1. The lowest BCUT2D eigenvalue weighted by atomic mass is 10.2. The Hall–Kier alpha value is -1.41. The van der Waals surface area contributed by atoms with Gasteiger partial charge in [-0.25, -0.2) is 4.39 Å². The van der Waals surface area contributed by atoms with Crippen molar-refractivity contribution in [2.45, 2.75) is 12.6 Å². The van der Waals surface area contributed by atoms with Crippen LogP contribution < -0.4 is 10.5 Å². The second kappa shape index (κ2) is 7.39. The topological polar surface area (TPSA) is 44.5 Å². The molecule has 0 fully saturated rings. The molecule has 0 aliphatic rings. The third-order valence-corrected chi connectivity index (χ3v) is 2.39. The van der Waals surface area contributed by atoms with E-state index in [1.54, 1.807) is 0 Å². The predicted molar refractivity (Wildman–Crippen MR) is 69.3 cm³/mol. The SMILES string of the molecule is NC(=S)c1ccc(OCCCOCC(F)(F)F)cc1F. The van der Waals surface area contributed by atoms with E-state index in [0.717, 1.165) is 6.07 Å². The fourth-order valence-corrected chi connectivity index (χ4v) is 1.49. The normalized spacial score (nSPS) is 11.4. The van der Waals surface area contributed by atoms with Crippen LogP contribution in [-0.4, -0.2) is 31.0 Å². The van der Waals surface area contributed by atoms with Crippen molar-refractivity contribution in [2.75, 3.05) is 19.8 Å². The van der Waals surface area contributed by atoms with E-state index < -0.39 is 18.6 Å². The van der Waals surface area contributed by atoms with Gasteiger partial charge in [0.1, 0.15) is 23.2 Å². The Labute approximate surface area is 118 Å². The molecule has 2 N–H and O–H groups in total. The Morgan fingerprint density at radius 3 is 2.50 bits per heavy atom. The zero-order valence-electron chi connectivity index (χ0n) is 10.4. The second-order valence-electron chi connectivity index (χ2n) is 3.88. The summed E-state index contributed by atoms with van der Waals surface area (Å²) in [5.41, 5.74) is 5.41. The molecular formula is C12H13F4NO2S. The van der Waals surface area contributed by atoms with Gasteiger partial charge in [0.25, 0.3) is 0 Å². The number of ether oxygens (including phenoxy) is 2. The van der Waals surface area contributed by atoms with Crippen molar-refractivity contribution in [1.29, 1.82) is 0 Å². The van der Waals surface area contributed by atoms with E-state index in [9.17, 15) is 17.6 Å². The van der Waals surface area contributed by atoms with E-state index in [2.05, 4.69) is 17.0 Å². The molecule has 20 heavy (non-hydrogen) atoms. The molecule has 3 nitrogen and oxygen atoms in total. The number of alkyl halides is 3.